The summed E-state index contributed by atoms with van der Waals surface area (Å²) in [6, 6.07) is 16.6. The van der Waals surface area contributed by atoms with Gasteiger partial charge in [-0.2, -0.15) is 0 Å². The number of rotatable bonds is 9. The van der Waals surface area contributed by atoms with Gasteiger partial charge in [-0.15, -0.1) is 0 Å². The van der Waals surface area contributed by atoms with Crippen LogP contribution in [0.25, 0.3) is 0 Å². The Kier molecular flexibility index (Phi) is 7.90. The molecule has 0 amide bonds. The fourth-order valence-electron chi connectivity index (χ4n) is 3.33. The summed E-state index contributed by atoms with van der Waals surface area (Å²) >= 11 is 6.01. The third-order valence-corrected chi connectivity index (χ3v) is 7.03. The van der Waals surface area contributed by atoms with Crippen LogP contribution in [0.3, 0.4) is 0 Å². The zero-order valence-corrected chi connectivity index (χ0v) is 18.1. The summed E-state index contributed by atoms with van der Waals surface area (Å²) in [5, 5.41) is 0.0566. The number of hydrogen-bond acceptors (Lipinski definition) is 2. The lowest BCUT2D eigenvalue weighted by Crippen LogP contribution is -2.35. The first kappa shape index (κ1) is 21.9. The zero-order valence-electron chi connectivity index (χ0n) is 16.5. The van der Waals surface area contributed by atoms with Crippen LogP contribution < -0.4 is 4.72 Å². The summed E-state index contributed by atoms with van der Waals surface area (Å²) in [6.45, 7) is 8.19. The van der Waals surface area contributed by atoms with Crippen LogP contribution in [0.2, 0.25) is 5.02 Å². The fourth-order valence-corrected chi connectivity index (χ4v) is 5.48. The molecular weight excluding hydrogens is 378 g/mol. The number of hydrogen-bond donors (Lipinski definition) is 1. The molecule has 0 aliphatic carbocycles. The molecule has 2 aromatic rings. The standard InChI is InChI=1S/C22H30ClNO2S/c1-16(2)10-15-21(18-11-13-20(23)14-12-18)24-27(25,26)22(17(3)4)19-8-6-5-7-9-19/h5-9,11-14,16-17,21-22,24H,10,15H2,1-4H3. The van der Waals surface area contributed by atoms with E-state index in [1.807, 2.05) is 68.4 Å². The van der Waals surface area contributed by atoms with Crippen molar-refractivity contribution in [3.05, 3.63) is 70.7 Å². The third-order valence-electron chi connectivity index (χ3n) is 4.68. The second-order valence-electron chi connectivity index (χ2n) is 7.81. The molecule has 0 aliphatic rings. The predicted octanol–water partition coefficient (Wildman–Crippen LogP) is 6.13. The van der Waals surface area contributed by atoms with Crippen molar-refractivity contribution in [1.82, 2.24) is 4.72 Å². The molecule has 5 heteroatoms. The smallest absolute Gasteiger partial charge is 0.212 e. The molecule has 2 atom stereocenters. The molecule has 0 radical (unpaired) electrons. The quantitative estimate of drug-likeness (QED) is 0.543. The van der Waals surface area contributed by atoms with Crippen molar-refractivity contribution in [2.45, 2.75) is 51.8 Å². The summed E-state index contributed by atoms with van der Waals surface area (Å²) in [6.07, 6.45) is 1.69. The molecule has 0 heterocycles. The van der Waals surface area contributed by atoms with Crippen molar-refractivity contribution in [2.75, 3.05) is 0 Å². The van der Waals surface area contributed by atoms with E-state index in [1.54, 1.807) is 0 Å². The predicted molar refractivity (Wildman–Crippen MR) is 114 cm³/mol. The van der Waals surface area contributed by atoms with Crippen LogP contribution in [0, 0.1) is 11.8 Å². The van der Waals surface area contributed by atoms with E-state index in [4.69, 9.17) is 11.6 Å². The Morgan fingerprint density at radius 2 is 1.44 bits per heavy atom. The Labute approximate surface area is 169 Å². The van der Waals surface area contributed by atoms with Crippen molar-refractivity contribution >= 4 is 21.6 Å². The van der Waals surface area contributed by atoms with Gasteiger partial charge in [0.05, 0.1) is 0 Å². The molecule has 3 nitrogen and oxygen atoms in total. The second kappa shape index (κ2) is 9.72. The monoisotopic (exact) mass is 407 g/mol. The van der Waals surface area contributed by atoms with Gasteiger partial charge in [-0.3, -0.25) is 0 Å². The van der Waals surface area contributed by atoms with E-state index >= 15 is 0 Å². The maximum Gasteiger partial charge on any atom is 0.219 e. The highest BCUT2D eigenvalue weighted by molar-refractivity contribution is 7.89. The van der Waals surface area contributed by atoms with Crippen LogP contribution in [0.15, 0.2) is 54.6 Å². The molecule has 0 spiro atoms. The van der Waals surface area contributed by atoms with Crippen LogP contribution >= 0.6 is 11.6 Å². The minimum atomic E-state index is -3.56. The first-order chi connectivity index (χ1) is 12.7. The fraction of sp³-hybridized carbons (Fsp3) is 0.455. The molecule has 2 unspecified atom stereocenters. The van der Waals surface area contributed by atoms with Crippen LogP contribution in [-0.2, 0) is 10.0 Å². The number of sulfonamides is 1. The van der Waals surface area contributed by atoms with E-state index < -0.39 is 15.3 Å². The number of benzene rings is 2. The molecule has 0 saturated carbocycles. The average Bonchev–Trinajstić information content (AvgIpc) is 2.59. The van der Waals surface area contributed by atoms with Gasteiger partial charge in [-0.25, -0.2) is 13.1 Å². The van der Waals surface area contributed by atoms with Crippen molar-refractivity contribution in [3.8, 4) is 0 Å². The van der Waals surface area contributed by atoms with Gasteiger partial charge in [-0.1, -0.05) is 81.8 Å². The molecule has 2 aromatic carbocycles. The van der Waals surface area contributed by atoms with E-state index in [0.29, 0.717) is 10.9 Å². The van der Waals surface area contributed by atoms with E-state index in [2.05, 4.69) is 18.6 Å². The van der Waals surface area contributed by atoms with Crippen LogP contribution in [-0.4, -0.2) is 8.42 Å². The van der Waals surface area contributed by atoms with Crippen LogP contribution in [0.1, 0.15) is 63.0 Å². The molecule has 0 saturated heterocycles. The van der Waals surface area contributed by atoms with Gasteiger partial charge in [0, 0.05) is 11.1 Å². The molecule has 1 N–H and O–H groups in total. The molecule has 0 fully saturated rings. The maximum atomic E-state index is 13.3. The van der Waals surface area contributed by atoms with Gasteiger partial charge >= 0.3 is 0 Å². The highest BCUT2D eigenvalue weighted by Crippen LogP contribution is 2.32. The highest BCUT2D eigenvalue weighted by Gasteiger charge is 2.32. The Morgan fingerprint density at radius 1 is 0.852 bits per heavy atom. The van der Waals surface area contributed by atoms with Gasteiger partial charge in [0.15, 0.2) is 0 Å². The maximum absolute atomic E-state index is 13.3. The lowest BCUT2D eigenvalue weighted by molar-refractivity contribution is 0.465. The molecule has 27 heavy (non-hydrogen) atoms. The van der Waals surface area contributed by atoms with E-state index in [9.17, 15) is 8.42 Å². The summed E-state index contributed by atoms with van der Waals surface area (Å²) in [4.78, 5) is 0. The topological polar surface area (TPSA) is 46.2 Å². The Balaban J connectivity index is 2.33. The molecule has 0 bridgehead atoms. The SMILES string of the molecule is CC(C)CCC(NS(=O)(=O)C(c1ccccc1)C(C)C)c1ccc(Cl)cc1. The van der Waals surface area contributed by atoms with Gasteiger partial charge < -0.3 is 0 Å². The van der Waals surface area contributed by atoms with Crippen molar-refractivity contribution in [2.24, 2.45) is 11.8 Å². The van der Waals surface area contributed by atoms with Crippen LogP contribution in [0.5, 0.6) is 0 Å². The summed E-state index contributed by atoms with van der Waals surface area (Å²) < 4.78 is 29.7. The highest BCUT2D eigenvalue weighted by atomic mass is 35.5. The van der Waals surface area contributed by atoms with E-state index in [0.717, 1.165) is 24.0 Å². The van der Waals surface area contributed by atoms with Gasteiger partial charge in [0.1, 0.15) is 5.25 Å². The summed E-state index contributed by atoms with van der Waals surface area (Å²) in [5.41, 5.74) is 1.76. The molecule has 0 aromatic heterocycles. The van der Waals surface area contributed by atoms with Crippen molar-refractivity contribution < 1.29 is 8.42 Å². The lowest BCUT2D eigenvalue weighted by Gasteiger charge is -2.27. The lowest BCUT2D eigenvalue weighted by atomic mass is 9.98. The van der Waals surface area contributed by atoms with Gasteiger partial charge in [0.2, 0.25) is 10.0 Å². The minimum absolute atomic E-state index is 0.0409. The molecule has 0 aliphatic heterocycles. The van der Waals surface area contributed by atoms with Crippen molar-refractivity contribution in [3.63, 3.8) is 0 Å². The largest absolute Gasteiger partial charge is 0.219 e. The number of halogens is 1. The van der Waals surface area contributed by atoms with E-state index in [-0.39, 0.29) is 12.0 Å². The number of nitrogens with one attached hydrogen (secondary N) is 1. The second-order valence-corrected chi connectivity index (χ2v) is 10.1. The van der Waals surface area contributed by atoms with Crippen molar-refractivity contribution in [1.29, 1.82) is 0 Å². The van der Waals surface area contributed by atoms with Gasteiger partial charge in [-0.05, 0) is 47.9 Å². The zero-order chi connectivity index (χ0) is 20.0. The third kappa shape index (κ3) is 6.34. The minimum Gasteiger partial charge on any atom is -0.212 e. The van der Waals surface area contributed by atoms with Gasteiger partial charge in [0.25, 0.3) is 0 Å². The average molecular weight is 408 g/mol. The normalized spacial score (nSPS) is 14.5. The Bertz CT molecular complexity index is 802. The Morgan fingerprint density at radius 3 is 1.96 bits per heavy atom. The first-order valence-corrected chi connectivity index (χ1v) is 11.4. The van der Waals surface area contributed by atoms with Crippen LogP contribution in [0.4, 0.5) is 0 Å². The van der Waals surface area contributed by atoms with E-state index in [1.165, 1.54) is 0 Å². The molecule has 148 valence electrons. The summed E-state index contributed by atoms with van der Waals surface area (Å²) in [7, 11) is -3.56. The molecule has 2 rings (SSSR count). The summed E-state index contributed by atoms with van der Waals surface area (Å²) in [5.74, 6) is 0.459. The Hall–Kier alpha value is -1.36. The molecular formula is C22H30ClNO2S. The first-order valence-electron chi connectivity index (χ1n) is 9.52.